The lowest BCUT2D eigenvalue weighted by Crippen LogP contribution is -2.49. The monoisotopic (exact) mass is 575 g/mol. The molecule has 12 heteroatoms. The quantitative estimate of drug-likeness (QED) is 0.298. The van der Waals surface area contributed by atoms with Crippen LogP contribution in [0.5, 0.6) is 0 Å². The molecule has 1 aliphatic heterocycles. The third-order valence-corrected chi connectivity index (χ3v) is 7.61. The number of likely N-dealkylation sites (tertiary alicyclic amines) is 1. The molecule has 4 heterocycles. The third kappa shape index (κ3) is 4.97. The molecule has 42 heavy (non-hydrogen) atoms. The molecule has 5 aromatic rings. The van der Waals surface area contributed by atoms with Crippen LogP contribution in [0.25, 0.3) is 33.9 Å². The highest BCUT2D eigenvalue weighted by atomic mass is 19.4. The SMILES string of the molecule is CC(=O)N1CC(n2cc(C(F)(F)F)nc2-c2ccc(Cn3c(=O)[nH]c4cnc(-c5ccccc5C(C)C)nc43)cc2)C1. The van der Waals surface area contributed by atoms with E-state index in [1.807, 2.05) is 24.3 Å². The molecule has 0 aliphatic carbocycles. The number of fused-ring (bicyclic) bond motifs is 1. The minimum Gasteiger partial charge on any atom is -0.339 e. The summed E-state index contributed by atoms with van der Waals surface area (Å²) in [6.07, 6.45) is -2.00. The number of H-pyrrole nitrogens is 1. The summed E-state index contributed by atoms with van der Waals surface area (Å²) in [6.45, 7) is 6.46. The number of aromatic amines is 1. The first-order valence-corrected chi connectivity index (χ1v) is 13.6. The Hall–Kier alpha value is -4.74. The van der Waals surface area contributed by atoms with Crippen molar-refractivity contribution in [2.45, 2.75) is 45.5 Å². The standard InChI is InChI=1S/C30H28F3N7O2/c1-17(2)22-6-4-5-7-23(22)26-34-12-24-28(37-26)40(29(42)35-24)13-19-8-10-20(11-9-19)27-36-25(30(31,32)33)16-39(27)21-14-38(15-21)18(3)41/h4-12,16-17,21H,13-15H2,1-3H3,(H,35,42). The second-order valence-corrected chi connectivity index (χ2v) is 10.8. The molecule has 1 N–H and O–H groups in total. The minimum absolute atomic E-state index is 0.123. The second kappa shape index (κ2) is 10.3. The zero-order valence-corrected chi connectivity index (χ0v) is 23.2. The molecule has 3 aromatic heterocycles. The Morgan fingerprint density at radius 3 is 2.45 bits per heavy atom. The van der Waals surface area contributed by atoms with E-state index >= 15 is 0 Å². The van der Waals surface area contributed by atoms with E-state index < -0.39 is 11.9 Å². The number of aromatic nitrogens is 6. The van der Waals surface area contributed by atoms with Gasteiger partial charge in [-0.2, -0.15) is 13.2 Å². The van der Waals surface area contributed by atoms with Crippen molar-refractivity contribution in [1.82, 2.24) is 34.0 Å². The lowest BCUT2D eigenvalue weighted by molar-refractivity contribution is -0.141. The van der Waals surface area contributed by atoms with E-state index in [2.05, 4.69) is 28.8 Å². The summed E-state index contributed by atoms with van der Waals surface area (Å²) in [5, 5.41) is 0. The van der Waals surface area contributed by atoms with Crippen LogP contribution >= 0.6 is 0 Å². The number of halogens is 3. The normalized spacial score (nSPS) is 14.1. The van der Waals surface area contributed by atoms with Crippen LogP contribution in [-0.4, -0.2) is 53.0 Å². The highest BCUT2D eigenvalue weighted by Gasteiger charge is 2.38. The second-order valence-electron chi connectivity index (χ2n) is 10.8. The van der Waals surface area contributed by atoms with Gasteiger partial charge in [-0.1, -0.05) is 62.4 Å². The number of amides is 1. The van der Waals surface area contributed by atoms with Crippen LogP contribution in [0.15, 0.2) is 65.7 Å². The molecule has 0 atom stereocenters. The van der Waals surface area contributed by atoms with E-state index in [1.54, 1.807) is 35.4 Å². The fraction of sp³-hybridized carbons (Fsp3) is 0.300. The van der Waals surface area contributed by atoms with E-state index in [9.17, 15) is 22.8 Å². The summed E-state index contributed by atoms with van der Waals surface area (Å²) in [7, 11) is 0. The van der Waals surface area contributed by atoms with Crippen LogP contribution in [0.4, 0.5) is 13.2 Å². The molecule has 0 unspecified atom stereocenters. The van der Waals surface area contributed by atoms with Gasteiger partial charge in [-0.3, -0.25) is 9.36 Å². The Bertz CT molecular complexity index is 1850. The molecule has 216 valence electrons. The fourth-order valence-electron chi connectivity index (χ4n) is 5.28. The molecule has 0 radical (unpaired) electrons. The Labute approximate surface area is 238 Å². The summed E-state index contributed by atoms with van der Waals surface area (Å²) < 4.78 is 43.6. The lowest BCUT2D eigenvalue weighted by Gasteiger charge is -2.39. The summed E-state index contributed by atoms with van der Waals surface area (Å²) >= 11 is 0. The average Bonchev–Trinajstić information content (AvgIpc) is 3.49. The number of hydrogen-bond donors (Lipinski definition) is 1. The van der Waals surface area contributed by atoms with Crippen molar-refractivity contribution >= 4 is 17.1 Å². The van der Waals surface area contributed by atoms with Crippen LogP contribution in [0.2, 0.25) is 0 Å². The summed E-state index contributed by atoms with van der Waals surface area (Å²) in [6, 6.07) is 14.5. The molecular weight excluding hydrogens is 547 g/mol. The largest absolute Gasteiger partial charge is 0.434 e. The van der Waals surface area contributed by atoms with Crippen molar-refractivity contribution in [2.75, 3.05) is 13.1 Å². The Morgan fingerprint density at radius 1 is 1.07 bits per heavy atom. The van der Waals surface area contributed by atoms with E-state index in [4.69, 9.17) is 4.98 Å². The number of imidazole rings is 2. The van der Waals surface area contributed by atoms with Gasteiger partial charge >= 0.3 is 11.9 Å². The van der Waals surface area contributed by atoms with Crippen LogP contribution < -0.4 is 5.69 Å². The fourth-order valence-corrected chi connectivity index (χ4v) is 5.28. The van der Waals surface area contributed by atoms with Crippen molar-refractivity contribution in [2.24, 2.45) is 0 Å². The Kier molecular flexibility index (Phi) is 6.71. The number of carbonyl (C=O) groups excluding carboxylic acids is 1. The topological polar surface area (TPSA) is 102 Å². The van der Waals surface area contributed by atoms with Gasteiger partial charge in [-0.15, -0.1) is 0 Å². The summed E-state index contributed by atoms with van der Waals surface area (Å²) in [5.41, 5.74) is 2.88. The Balaban J connectivity index is 1.31. The molecular formula is C30H28F3N7O2. The molecule has 1 amide bonds. The van der Waals surface area contributed by atoms with Gasteiger partial charge in [0.05, 0.1) is 18.8 Å². The molecule has 9 nitrogen and oxygen atoms in total. The number of carbonyl (C=O) groups is 1. The first-order chi connectivity index (χ1) is 20.0. The molecule has 1 aliphatic rings. The van der Waals surface area contributed by atoms with Gasteiger partial charge in [-0.05, 0) is 17.0 Å². The van der Waals surface area contributed by atoms with Gasteiger partial charge in [0.2, 0.25) is 5.91 Å². The van der Waals surface area contributed by atoms with Gasteiger partial charge in [0.15, 0.2) is 17.2 Å². The Morgan fingerprint density at radius 2 is 1.79 bits per heavy atom. The number of alkyl halides is 3. The zero-order valence-electron chi connectivity index (χ0n) is 23.2. The number of benzene rings is 2. The predicted molar refractivity (Wildman–Crippen MR) is 151 cm³/mol. The van der Waals surface area contributed by atoms with Gasteiger partial charge in [0.25, 0.3) is 0 Å². The van der Waals surface area contributed by atoms with Crippen LogP contribution in [0.3, 0.4) is 0 Å². The number of nitrogens with zero attached hydrogens (tertiary/aromatic N) is 6. The number of rotatable bonds is 6. The van der Waals surface area contributed by atoms with Crippen molar-refractivity contribution in [1.29, 1.82) is 0 Å². The van der Waals surface area contributed by atoms with Crippen molar-refractivity contribution in [3.63, 3.8) is 0 Å². The highest BCUT2D eigenvalue weighted by Crippen LogP contribution is 2.35. The molecule has 2 aromatic carbocycles. The van der Waals surface area contributed by atoms with Crippen molar-refractivity contribution in [3.8, 4) is 22.8 Å². The first-order valence-electron chi connectivity index (χ1n) is 13.6. The molecule has 0 spiro atoms. The molecule has 6 rings (SSSR count). The van der Waals surface area contributed by atoms with Crippen LogP contribution in [0.1, 0.15) is 49.6 Å². The summed E-state index contributed by atoms with van der Waals surface area (Å²) in [4.78, 5) is 42.0. The van der Waals surface area contributed by atoms with Gasteiger partial charge in [0.1, 0.15) is 11.3 Å². The average molecular weight is 576 g/mol. The minimum atomic E-state index is -4.60. The number of hydrogen-bond acceptors (Lipinski definition) is 5. The lowest BCUT2D eigenvalue weighted by atomic mass is 9.97. The van der Waals surface area contributed by atoms with E-state index in [1.165, 1.54) is 16.1 Å². The van der Waals surface area contributed by atoms with E-state index in [0.717, 1.165) is 22.9 Å². The predicted octanol–water partition coefficient (Wildman–Crippen LogP) is 5.24. The maximum Gasteiger partial charge on any atom is 0.434 e. The summed E-state index contributed by atoms with van der Waals surface area (Å²) in [5.74, 6) is 0.823. The third-order valence-electron chi connectivity index (χ3n) is 7.61. The maximum atomic E-state index is 13.5. The molecule has 1 saturated heterocycles. The van der Waals surface area contributed by atoms with Gasteiger partial charge in [0, 0.05) is 37.3 Å². The zero-order chi connectivity index (χ0) is 29.8. The van der Waals surface area contributed by atoms with Crippen molar-refractivity contribution < 1.29 is 18.0 Å². The van der Waals surface area contributed by atoms with Crippen LogP contribution in [0, 0.1) is 0 Å². The molecule has 0 bridgehead atoms. The van der Waals surface area contributed by atoms with Gasteiger partial charge < -0.3 is 14.5 Å². The van der Waals surface area contributed by atoms with Crippen molar-refractivity contribution in [3.05, 3.63) is 88.2 Å². The van der Waals surface area contributed by atoms with Gasteiger partial charge in [-0.25, -0.2) is 19.7 Å². The maximum absolute atomic E-state index is 13.5. The molecule has 1 fully saturated rings. The first kappa shape index (κ1) is 27.4. The smallest absolute Gasteiger partial charge is 0.339 e. The van der Waals surface area contributed by atoms with E-state index in [-0.39, 0.29) is 35.9 Å². The molecule has 0 saturated carbocycles. The number of nitrogens with one attached hydrogen (secondary N) is 1. The van der Waals surface area contributed by atoms with E-state index in [0.29, 0.717) is 35.6 Å². The van der Waals surface area contributed by atoms with Crippen LogP contribution in [-0.2, 0) is 17.5 Å². The highest BCUT2D eigenvalue weighted by molar-refractivity contribution is 5.75.